The van der Waals surface area contributed by atoms with E-state index in [2.05, 4.69) is 0 Å². The Hall–Kier alpha value is -1.48. The van der Waals surface area contributed by atoms with Crippen LogP contribution in [0.1, 0.15) is 26.0 Å². The Morgan fingerprint density at radius 2 is 2.00 bits per heavy atom. The number of ether oxygens (including phenoxy) is 1. The molecule has 8 heteroatoms. The molecule has 0 unspecified atom stereocenters. The second-order valence-electron chi connectivity index (χ2n) is 5.08. The first kappa shape index (κ1) is 15.9. The summed E-state index contributed by atoms with van der Waals surface area (Å²) in [6.07, 6.45) is -2.00. The molecule has 0 bridgehead atoms. The van der Waals surface area contributed by atoms with Gasteiger partial charge in [-0.05, 0) is 6.42 Å². The van der Waals surface area contributed by atoms with Gasteiger partial charge in [0.25, 0.3) is 5.56 Å². The van der Waals surface area contributed by atoms with E-state index < -0.39 is 42.4 Å². The topological polar surface area (TPSA) is 114 Å². The normalized spacial score (nSPS) is 29.0. The molecule has 1 saturated heterocycles. The molecule has 118 valence electrons. The van der Waals surface area contributed by atoms with Crippen molar-refractivity contribution in [2.24, 2.45) is 0 Å². The van der Waals surface area contributed by atoms with Crippen LogP contribution >= 0.6 is 0 Å². The van der Waals surface area contributed by atoms with Crippen LogP contribution in [-0.4, -0.2) is 49.4 Å². The fraction of sp³-hybridized carbons (Fsp3) is 0.692. The van der Waals surface area contributed by atoms with E-state index >= 15 is 0 Å². The summed E-state index contributed by atoms with van der Waals surface area (Å²) < 4.78 is 7.44. The average molecular weight is 300 g/mol. The third kappa shape index (κ3) is 2.93. The van der Waals surface area contributed by atoms with Gasteiger partial charge in [0.05, 0.1) is 6.61 Å². The zero-order valence-electron chi connectivity index (χ0n) is 11.8. The molecule has 1 aliphatic heterocycles. The molecule has 0 amide bonds. The number of hydrogen-bond acceptors (Lipinski definition) is 6. The summed E-state index contributed by atoms with van der Waals surface area (Å²) in [6.45, 7) is 1.75. The van der Waals surface area contributed by atoms with Gasteiger partial charge in [0, 0.05) is 18.8 Å². The van der Waals surface area contributed by atoms with Crippen molar-refractivity contribution in [1.29, 1.82) is 0 Å². The van der Waals surface area contributed by atoms with E-state index in [4.69, 9.17) is 9.84 Å². The summed E-state index contributed by atoms with van der Waals surface area (Å²) in [5.74, 6) is 0. The minimum Gasteiger partial charge on any atom is -0.394 e. The molecule has 0 radical (unpaired) electrons. The molecule has 0 aromatic carbocycles. The monoisotopic (exact) mass is 300 g/mol. The molecule has 3 N–H and O–H groups in total. The van der Waals surface area contributed by atoms with Gasteiger partial charge in [-0.15, -0.1) is 0 Å². The number of aliphatic hydroxyl groups is 3. The zero-order chi connectivity index (χ0) is 15.6. The predicted molar refractivity (Wildman–Crippen MR) is 72.9 cm³/mol. The standard InChI is InChI=1S/C13H20N2O6/c1-2-3-5-14-9(17)4-6-15(13(14)20)12-11(19)10(18)8(7-16)21-12/h4,6,8,10-12,16,18-19H,2-3,5,7H2,1H3/t8-,10-,11+,12-/m1/s1. The second kappa shape index (κ2) is 6.52. The molecule has 2 heterocycles. The Kier molecular flexibility index (Phi) is 4.94. The van der Waals surface area contributed by atoms with Crippen molar-refractivity contribution < 1.29 is 20.1 Å². The SMILES string of the molecule is CCCCn1c(=O)ccn([C@@H]2O[C@H](CO)[C@@H](O)[C@@H]2O)c1=O. The van der Waals surface area contributed by atoms with Crippen LogP contribution in [0.5, 0.6) is 0 Å². The van der Waals surface area contributed by atoms with Crippen LogP contribution in [0.2, 0.25) is 0 Å². The van der Waals surface area contributed by atoms with Gasteiger partial charge in [-0.1, -0.05) is 13.3 Å². The Morgan fingerprint density at radius 3 is 2.57 bits per heavy atom. The van der Waals surface area contributed by atoms with Crippen LogP contribution in [0.15, 0.2) is 21.9 Å². The highest BCUT2D eigenvalue weighted by Gasteiger charge is 2.43. The van der Waals surface area contributed by atoms with Gasteiger partial charge in [-0.25, -0.2) is 4.79 Å². The summed E-state index contributed by atoms with van der Waals surface area (Å²) in [4.78, 5) is 24.1. The smallest absolute Gasteiger partial charge is 0.333 e. The lowest BCUT2D eigenvalue weighted by Crippen LogP contribution is -2.43. The molecule has 1 aliphatic rings. The first-order valence-electron chi connectivity index (χ1n) is 6.95. The number of aromatic nitrogens is 2. The summed E-state index contributed by atoms with van der Waals surface area (Å²) >= 11 is 0. The average Bonchev–Trinajstić information content (AvgIpc) is 2.75. The highest BCUT2D eigenvalue weighted by Crippen LogP contribution is 2.27. The van der Waals surface area contributed by atoms with Gasteiger partial charge in [-0.2, -0.15) is 0 Å². The molecule has 1 aromatic heterocycles. The maximum atomic E-state index is 12.3. The Balaban J connectivity index is 2.37. The third-order valence-corrected chi connectivity index (χ3v) is 3.62. The van der Waals surface area contributed by atoms with Crippen LogP contribution in [0.3, 0.4) is 0 Å². The van der Waals surface area contributed by atoms with Crippen molar-refractivity contribution in [3.05, 3.63) is 33.1 Å². The summed E-state index contributed by atoms with van der Waals surface area (Å²) in [5, 5.41) is 28.7. The lowest BCUT2D eigenvalue weighted by Gasteiger charge is -2.18. The number of nitrogens with zero attached hydrogens (tertiary/aromatic N) is 2. The highest BCUT2D eigenvalue weighted by molar-refractivity contribution is 4.94. The van der Waals surface area contributed by atoms with E-state index in [1.54, 1.807) is 0 Å². The molecule has 2 rings (SSSR count). The molecule has 1 aromatic rings. The molecular formula is C13H20N2O6. The number of aliphatic hydroxyl groups excluding tert-OH is 3. The molecule has 4 atom stereocenters. The van der Waals surface area contributed by atoms with E-state index in [1.165, 1.54) is 12.3 Å². The molecule has 1 fully saturated rings. The fourth-order valence-electron chi connectivity index (χ4n) is 2.36. The van der Waals surface area contributed by atoms with E-state index in [0.29, 0.717) is 6.42 Å². The molecule has 0 saturated carbocycles. The van der Waals surface area contributed by atoms with Gasteiger partial charge in [0.15, 0.2) is 6.23 Å². The van der Waals surface area contributed by atoms with Crippen LogP contribution in [0, 0.1) is 0 Å². The van der Waals surface area contributed by atoms with Crippen LogP contribution < -0.4 is 11.2 Å². The first-order valence-corrected chi connectivity index (χ1v) is 6.95. The van der Waals surface area contributed by atoms with Crippen molar-refractivity contribution in [3.8, 4) is 0 Å². The molecular weight excluding hydrogens is 280 g/mol. The number of rotatable bonds is 5. The van der Waals surface area contributed by atoms with Gasteiger partial charge >= 0.3 is 5.69 Å². The predicted octanol–water partition coefficient (Wildman–Crippen LogP) is -1.58. The fourth-order valence-corrected chi connectivity index (χ4v) is 2.36. The molecule has 0 spiro atoms. The van der Waals surface area contributed by atoms with Crippen molar-refractivity contribution >= 4 is 0 Å². The second-order valence-corrected chi connectivity index (χ2v) is 5.08. The number of hydrogen-bond donors (Lipinski definition) is 3. The van der Waals surface area contributed by atoms with Crippen molar-refractivity contribution in [3.63, 3.8) is 0 Å². The number of unbranched alkanes of at least 4 members (excludes halogenated alkanes) is 1. The maximum Gasteiger partial charge on any atom is 0.333 e. The van der Waals surface area contributed by atoms with Crippen molar-refractivity contribution in [2.75, 3.05) is 6.61 Å². The minimum atomic E-state index is -1.35. The quantitative estimate of drug-likeness (QED) is 0.605. The highest BCUT2D eigenvalue weighted by atomic mass is 16.6. The Labute approximate surface area is 120 Å². The summed E-state index contributed by atoms with van der Waals surface area (Å²) in [6, 6.07) is 1.21. The minimum absolute atomic E-state index is 0.282. The zero-order valence-corrected chi connectivity index (χ0v) is 11.8. The summed E-state index contributed by atoms with van der Waals surface area (Å²) in [5.41, 5.74) is -1.03. The van der Waals surface area contributed by atoms with E-state index in [-0.39, 0.29) is 6.54 Å². The lowest BCUT2D eigenvalue weighted by atomic mass is 10.1. The van der Waals surface area contributed by atoms with Crippen molar-refractivity contribution in [1.82, 2.24) is 9.13 Å². The maximum absolute atomic E-state index is 12.3. The molecule has 0 aliphatic carbocycles. The van der Waals surface area contributed by atoms with E-state index in [9.17, 15) is 19.8 Å². The largest absolute Gasteiger partial charge is 0.394 e. The first-order chi connectivity index (χ1) is 10.0. The molecule has 8 nitrogen and oxygen atoms in total. The van der Waals surface area contributed by atoms with E-state index in [1.807, 2.05) is 6.92 Å². The van der Waals surface area contributed by atoms with E-state index in [0.717, 1.165) is 15.6 Å². The van der Waals surface area contributed by atoms with Gasteiger partial charge in [0.2, 0.25) is 0 Å². The van der Waals surface area contributed by atoms with Crippen molar-refractivity contribution in [2.45, 2.75) is 50.8 Å². The third-order valence-electron chi connectivity index (χ3n) is 3.62. The lowest BCUT2D eigenvalue weighted by molar-refractivity contribution is -0.0556. The van der Waals surface area contributed by atoms with Crippen LogP contribution in [0.25, 0.3) is 0 Å². The Morgan fingerprint density at radius 1 is 1.29 bits per heavy atom. The van der Waals surface area contributed by atoms with Gasteiger partial charge in [-0.3, -0.25) is 13.9 Å². The van der Waals surface area contributed by atoms with Crippen LogP contribution in [0.4, 0.5) is 0 Å². The summed E-state index contributed by atoms with van der Waals surface area (Å²) in [7, 11) is 0. The molecule has 21 heavy (non-hydrogen) atoms. The Bertz CT molecular complexity index is 595. The van der Waals surface area contributed by atoms with Gasteiger partial charge < -0.3 is 20.1 Å². The van der Waals surface area contributed by atoms with Gasteiger partial charge in [0.1, 0.15) is 18.3 Å². The van der Waals surface area contributed by atoms with Crippen LogP contribution in [-0.2, 0) is 11.3 Å².